The number of carbonyl (C=O) groups excluding carboxylic acids is 1. The lowest BCUT2D eigenvalue weighted by atomic mass is 9.67. The van der Waals surface area contributed by atoms with Gasteiger partial charge >= 0.3 is 0 Å². The molecule has 0 spiro atoms. The molecular formula is C18H27N3O. The SMILES string of the molecule is CC(CC(=O)NC1C2CCCC1CC(N)C2)c1cccnc1. The summed E-state index contributed by atoms with van der Waals surface area (Å²) in [4.78, 5) is 16.6. The molecule has 0 aliphatic heterocycles. The number of fused-ring (bicyclic) bond motifs is 2. The molecule has 0 saturated heterocycles. The number of carbonyl (C=O) groups is 1. The van der Waals surface area contributed by atoms with Crippen LogP contribution in [-0.2, 0) is 4.79 Å². The topological polar surface area (TPSA) is 68.0 Å². The molecule has 2 aliphatic rings. The average molecular weight is 301 g/mol. The fourth-order valence-electron chi connectivity index (χ4n) is 4.33. The van der Waals surface area contributed by atoms with Gasteiger partial charge in [-0.3, -0.25) is 9.78 Å². The quantitative estimate of drug-likeness (QED) is 0.898. The molecule has 1 aromatic rings. The second kappa shape index (κ2) is 6.78. The summed E-state index contributed by atoms with van der Waals surface area (Å²) in [6.07, 6.45) is 10.0. The van der Waals surface area contributed by atoms with E-state index in [4.69, 9.17) is 5.73 Å². The van der Waals surface area contributed by atoms with Gasteiger partial charge < -0.3 is 11.1 Å². The van der Waals surface area contributed by atoms with E-state index in [-0.39, 0.29) is 11.8 Å². The molecule has 120 valence electrons. The maximum absolute atomic E-state index is 12.4. The first-order chi connectivity index (χ1) is 10.6. The van der Waals surface area contributed by atoms with Gasteiger partial charge in [-0.2, -0.15) is 0 Å². The number of pyridine rings is 1. The summed E-state index contributed by atoms with van der Waals surface area (Å²) in [7, 11) is 0. The Bertz CT molecular complexity index is 490. The van der Waals surface area contributed by atoms with Gasteiger partial charge in [0.2, 0.25) is 5.91 Å². The Balaban J connectivity index is 1.57. The zero-order valence-electron chi connectivity index (χ0n) is 13.4. The Kier molecular flexibility index (Phi) is 4.77. The van der Waals surface area contributed by atoms with Crippen molar-refractivity contribution in [1.29, 1.82) is 0 Å². The highest BCUT2D eigenvalue weighted by Crippen LogP contribution is 2.39. The van der Waals surface area contributed by atoms with Gasteiger partial charge in [-0.05, 0) is 55.1 Å². The van der Waals surface area contributed by atoms with Gasteiger partial charge in [0.25, 0.3) is 0 Å². The minimum Gasteiger partial charge on any atom is -0.353 e. The second-order valence-corrected chi connectivity index (χ2v) is 7.17. The lowest BCUT2D eigenvalue weighted by Gasteiger charge is -2.45. The molecule has 3 rings (SSSR count). The molecule has 2 bridgehead atoms. The summed E-state index contributed by atoms with van der Waals surface area (Å²) in [6.45, 7) is 2.09. The summed E-state index contributed by atoms with van der Waals surface area (Å²) in [5.74, 6) is 1.55. The molecular weight excluding hydrogens is 274 g/mol. The zero-order chi connectivity index (χ0) is 15.5. The Labute approximate surface area is 132 Å². The minimum absolute atomic E-state index is 0.175. The number of hydrogen-bond acceptors (Lipinski definition) is 3. The number of nitrogens with zero attached hydrogens (tertiary/aromatic N) is 1. The molecule has 1 amide bonds. The van der Waals surface area contributed by atoms with Gasteiger partial charge in [0.1, 0.15) is 0 Å². The standard InChI is InChI=1S/C18H27N3O/c1-12(15-6-3-7-20-11-15)8-17(22)21-18-13-4-2-5-14(18)10-16(19)9-13/h3,6-7,11-14,16,18H,2,4-5,8-10,19H2,1H3,(H,21,22). The molecule has 2 fully saturated rings. The van der Waals surface area contributed by atoms with Crippen LogP contribution in [0.1, 0.15) is 56.9 Å². The largest absolute Gasteiger partial charge is 0.353 e. The first kappa shape index (κ1) is 15.5. The van der Waals surface area contributed by atoms with Gasteiger partial charge in [-0.15, -0.1) is 0 Å². The van der Waals surface area contributed by atoms with Crippen LogP contribution in [0.15, 0.2) is 24.5 Å². The summed E-state index contributed by atoms with van der Waals surface area (Å²) in [5, 5.41) is 3.33. The normalized spacial score (nSPS) is 32.3. The molecule has 4 nitrogen and oxygen atoms in total. The van der Waals surface area contributed by atoms with Crippen molar-refractivity contribution in [2.24, 2.45) is 17.6 Å². The van der Waals surface area contributed by atoms with Crippen molar-refractivity contribution in [2.75, 3.05) is 0 Å². The van der Waals surface area contributed by atoms with Gasteiger partial charge in [-0.1, -0.05) is 19.4 Å². The lowest BCUT2D eigenvalue weighted by molar-refractivity contribution is -0.123. The Morgan fingerprint density at radius 1 is 1.41 bits per heavy atom. The van der Waals surface area contributed by atoms with Crippen molar-refractivity contribution in [2.45, 2.75) is 63.5 Å². The van der Waals surface area contributed by atoms with E-state index in [1.54, 1.807) is 6.20 Å². The molecule has 1 heterocycles. The number of amides is 1. The van der Waals surface area contributed by atoms with E-state index in [1.807, 2.05) is 18.3 Å². The molecule has 0 radical (unpaired) electrons. The van der Waals surface area contributed by atoms with Crippen molar-refractivity contribution in [3.63, 3.8) is 0 Å². The van der Waals surface area contributed by atoms with Crippen molar-refractivity contribution in [1.82, 2.24) is 10.3 Å². The van der Waals surface area contributed by atoms with Gasteiger partial charge in [0, 0.05) is 30.9 Å². The fourth-order valence-corrected chi connectivity index (χ4v) is 4.33. The second-order valence-electron chi connectivity index (χ2n) is 7.17. The zero-order valence-corrected chi connectivity index (χ0v) is 13.4. The minimum atomic E-state index is 0.175. The average Bonchev–Trinajstić information content (AvgIpc) is 2.49. The van der Waals surface area contributed by atoms with E-state index in [2.05, 4.69) is 17.2 Å². The van der Waals surface area contributed by atoms with Crippen LogP contribution in [0, 0.1) is 11.8 Å². The van der Waals surface area contributed by atoms with Crippen molar-refractivity contribution >= 4 is 5.91 Å². The van der Waals surface area contributed by atoms with Crippen LogP contribution in [-0.4, -0.2) is 23.0 Å². The number of hydrogen-bond donors (Lipinski definition) is 2. The smallest absolute Gasteiger partial charge is 0.220 e. The third-order valence-electron chi connectivity index (χ3n) is 5.45. The van der Waals surface area contributed by atoms with E-state index in [0.29, 0.717) is 30.3 Å². The molecule has 2 aliphatic carbocycles. The van der Waals surface area contributed by atoms with E-state index < -0.39 is 0 Å². The molecule has 3 N–H and O–H groups in total. The Hall–Kier alpha value is -1.42. The van der Waals surface area contributed by atoms with Gasteiger partial charge in [0.05, 0.1) is 0 Å². The van der Waals surface area contributed by atoms with E-state index >= 15 is 0 Å². The third kappa shape index (κ3) is 3.49. The number of nitrogens with two attached hydrogens (primary N) is 1. The number of rotatable bonds is 4. The predicted molar refractivity (Wildman–Crippen MR) is 87.2 cm³/mol. The van der Waals surface area contributed by atoms with Crippen LogP contribution < -0.4 is 11.1 Å². The lowest BCUT2D eigenvalue weighted by Crippen LogP contribution is -2.53. The predicted octanol–water partition coefficient (Wildman–Crippen LogP) is 2.60. The molecule has 1 aromatic heterocycles. The summed E-state index contributed by atoms with van der Waals surface area (Å²) < 4.78 is 0. The van der Waals surface area contributed by atoms with Crippen LogP contribution in [0.2, 0.25) is 0 Å². The molecule has 4 heteroatoms. The summed E-state index contributed by atoms with van der Waals surface area (Å²) in [6, 6.07) is 4.65. The maximum Gasteiger partial charge on any atom is 0.220 e. The summed E-state index contributed by atoms with van der Waals surface area (Å²) in [5.41, 5.74) is 7.28. The summed E-state index contributed by atoms with van der Waals surface area (Å²) >= 11 is 0. The van der Waals surface area contributed by atoms with E-state index in [0.717, 1.165) is 18.4 Å². The number of aromatic nitrogens is 1. The molecule has 2 saturated carbocycles. The molecule has 22 heavy (non-hydrogen) atoms. The van der Waals surface area contributed by atoms with Gasteiger partial charge in [0.15, 0.2) is 0 Å². The van der Waals surface area contributed by atoms with E-state index in [9.17, 15) is 4.79 Å². The third-order valence-corrected chi connectivity index (χ3v) is 5.45. The maximum atomic E-state index is 12.4. The molecule has 0 aromatic carbocycles. The van der Waals surface area contributed by atoms with Gasteiger partial charge in [-0.25, -0.2) is 0 Å². The van der Waals surface area contributed by atoms with Crippen LogP contribution in [0.5, 0.6) is 0 Å². The van der Waals surface area contributed by atoms with Crippen LogP contribution in [0.25, 0.3) is 0 Å². The van der Waals surface area contributed by atoms with Crippen molar-refractivity contribution in [3.8, 4) is 0 Å². The highest BCUT2D eigenvalue weighted by Gasteiger charge is 2.39. The highest BCUT2D eigenvalue weighted by atomic mass is 16.1. The highest BCUT2D eigenvalue weighted by molar-refractivity contribution is 5.77. The van der Waals surface area contributed by atoms with E-state index in [1.165, 1.54) is 19.3 Å². The molecule has 3 unspecified atom stereocenters. The van der Waals surface area contributed by atoms with Crippen LogP contribution in [0.3, 0.4) is 0 Å². The fraction of sp³-hybridized carbons (Fsp3) is 0.667. The first-order valence-electron chi connectivity index (χ1n) is 8.58. The molecule has 3 atom stereocenters. The Morgan fingerprint density at radius 2 is 2.14 bits per heavy atom. The van der Waals surface area contributed by atoms with Crippen LogP contribution in [0.4, 0.5) is 0 Å². The number of nitrogens with one attached hydrogen (secondary N) is 1. The Morgan fingerprint density at radius 3 is 2.77 bits per heavy atom. The van der Waals surface area contributed by atoms with Crippen molar-refractivity contribution < 1.29 is 4.79 Å². The van der Waals surface area contributed by atoms with Crippen molar-refractivity contribution in [3.05, 3.63) is 30.1 Å². The monoisotopic (exact) mass is 301 g/mol. The van der Waals surface area contributed by atoms with Crippen LogP contribution >= 0.6 is 0 Å². The first-order valence-corrected chi connectivity index (χ1v) is 8.58.